The van der Waals surface area contributed by atoms with Gasteiger partial charge in [0.05, 0.1) is 24.5 Å². The summed E-state index contributed by atoms with van der Waals surface area (Å²) in [5, 5.41) is 6.29. The van der Waals surface area contributed by atoms with Crippen LogP contribution in [0.25, 0.3) is 0 Å². The molecule has 1 fully saturated rings. The SMILES string of the molecule is CCNC(=NCCS(=O)(=O)N1CC(C)OC(C)C1)NCCc1ccc(F)cc1.I. The Labute approximate surface area is 190 Å². The second-order valence-electron chi connectivity index (χ2n) is 6.95. The van der Waals surface area contributed by atoms with E-state index in [4.69, 9.17) is 4.74 Å². The second kappa shape index (κ2) is 12.7. The van der Waals surface area contributed by atoms with Gasteiger partial charge >= 0.3 is 0 Å². The Morgan fingerprint density at radius 3 is 2.41 bits per heavy atom. The molecule has 7 nitrogen and oxygen atoms in total. The second-order valence-corrected chi connectivity index (χ2v) is 9.04. The molecule has 2 N–H and O–H groups in total. The highest BCUT2D eigenvalue weighted by Crippen LogP contribution is 2.14. The standard InChI is InChI=1S/C19H31FN4O3S.HI/c1-4-21-19(22-10-9-17-5-7-18(20)8-6-17)23-11-12-28(25,26)24-13-15(2)27-16(3)14-24;/h5-8,15-16H,4,9-14H2,1-3H3,(H2,21,22,23);1H. The maximum atomic E-state index is 12.9. The van der Waals surface area contributed by atoms with Gasteiger partial charge in [0, 0.05) is 26.2 Å². The molecule has 2 unspecified atom stereocenters. The van der Waals surface area contributed by atoms with Crippen molar-refractivity contribution in [2.45, 2.75) is 39.4 Å². The van der Waals surface area contributed by atoms with E-state index in [0.717, 1.165) is 5.56 Å². The molecule has 0 aliphatic carbocycles. The molecular weight excluding hydrogens is 510 g/mol. The van der Waals surface area contributed by atoms with Crippen LogP contribution in [0, 0.1) is 5.82 Å². The average Bonchev–Trinajstić information content (AvgIpc) is 2.62. The van der Waals surface area contributed by atoms with Gasteiger partial charge in [0.2, 0.25) is 10.0 Å². The van der Waals surface area contributed by atoms with Crippen LogP contribution in [0.5, 0.6) is 0 Å². The summed E-state index contributed by atoms with van der Waals surface area (Å²) in [5.41, 5.74) is 1.02. The van der Waals surface area contributed by atoms with Gasteiger partial charge in [0.25, 0.3) is 0 Å². The van der Waals surface area contributed by atoms with E-state index in [1.165, 1.54) is 16.4 Å². The third-order valence-corrected chi connectivity index (χ3v) is 6.15. The number of halogens is 2. The van der Waals surface area contributed by atoms with E-state index in [0.29, 0.717) is 38.6 Å². The van der Waals surface area contributed by atoms with Gasteiger partial charge in [0.15, 0.2) is 5.96 Å². The van der Waals surface area contributed by atoms with Crippen molar-refractivity contribution in [3.63, 3.8) is 0 Å². The Morgan fingerprint density at radius 1 is 1.21 bits per heavy atom. The number of ether oxygens (including phenoxy) is 1. The minimum atomic E-state index is -3.37. The van der Waals surface area contributed by atoms with Crippen molar-refractivity contribution in [1.82, 2.24) is 14.9 Å². The summed E-state index contributed by atoms with van der Waals surface area (Å²) in [6, 6.07) is 6.37. The van der Waals surface area contributed by atoms with E-state index in [1.54, 1.807) is 12.1 Å². The number of morpholine rings is 1. The maximum absolute atomic E-state index is 12.9. The molecule has 1 aliphatic heterocycles. The first-order chi connectivity index (χ1) is 13.3. The van der Waals surface area contributed by atoms with Gasteiger partial charge in [-0.15, -0.1) is 24.0 Å². The molecule has 10 heteroatoms. The van der Waals surface area contributed by atoms with Crippen molar-refractivity contribution >= 4 is 40.0 Å². The van der Waals surface area contributed by atoms with Gasteiger partial charge in [-0.05, 0) is 44.9 Å². The molecule has 1 aromatic carbocycles. The quantitative estimate of drug-likeness (QED) is 0.298. The summed E-state index contributed by atoms with van der Waals surface area (Å²) < 4.78 is 45.2. The van der Waals surface area contributed by atoms with Crippen LogP contribution >= 0.6 is 24.0 Å². The molecular formula is C19H32FIN4O3S. The van der Waals surface area contributed by atoms with Crippen molar-refractivity contribution < 1.29 is 17.5 Å². The van der Waals surface area contributed by atoms with Crippen LogP contribution in [-0.4, -0.2) is 69.4 Å². The molecule has 0 spiro atoms. The summed E-state index contributed by atoms with van der Waals surface area (Å²) in [4.78, 5) is 4.37. The molecule has 0 aromatic heterocycles. The summed E-state index contributed by atoms with van der Waals surface area (Å²) >= 11 is 0. The Morgan fingerprint density at radius 2 is 1.83 bits per heavy atom. The molecule has 0 bridgehead atoms. The van der Waals surface area contributed by atoms with E-state index in [1.807, 2.05) is 20.8 Å². The molecule has 1 saturated heterocycles. The number of hydrogen-bond donors (Lipinski definition) is 2. The molecule has 2 atom stereocenters. The number of guanidine groups is 1. The number of aliphatic imine (C=N–C) groups is 1. The Hall–Kier alpha value is -0.980. The number of hydrogen-bond acceptors (Lipinski definition) is 4. The third-order valence-electron chi connectivity index (χ3n) is 4.36. The number of nitrogens with zero attached hydrogens (tertiary/aromatic N) is 2. The van der Waals surface area contributed by atoms with E-state index in [9.17, 15) is 12.8 Å². The fraction of sp³-hybridized carbons (Fsp3) is 0.632. The van der Waals surface area contributed by atoms with E-state index >= 15 is 0 Å². The number of sulfonamides is 1. The van der Waals surface area contributed by atoms with E-state index in [2.05, 4.69) is 15.6 Å². The maximum Gasteiger partial charge on any atom is 0.216 e. The molecule has 1 aliphatic rings. The summed E-state index contributed by atoms with van der Waals surface area (Å²) in [6.45, 7) is 7.93. The van der Waals surface area contributed by atoms with E-state index < -0.39 is 10.0 Å². The topological polar surface area (TPSA) is 83.0 Å². The van der Waals surface area contributed by atoms with Gasteiger partial charge < -0.3 is 15.4 Å². The third kappa shape index (κ3) is 9.14. The lowest BCUT2D eigenvalue weighted by atomic mass is 10.1. The van der Waals surface area contributed by atoms with Gasteiger partial charge in [0.1, 0.15) is 5.82 Å². The first kappa shape index (κ1) is 26.1. The number of nitrogens with one attached hydrogen (secondary N) is 2. The van der Waals surface area contributed by atoms with Crippen LogP contribution in [0.15, 0.2) is 29.3 Å². The van der Waals surface area contributed by atoms with Gasteiger partial charge in [-0.3, -0.25) is 4.99 Å². The van der Waals surface area contributed by atoms with Crippen LogP contribution in [0.1, 0.15) is 26.3 Å². The minimum absolute atomic E-state index is 0. The molecule has 2 rings (SSSR count). The fourth-order valence-corrected chi connectivity index (χ4v) is 4.53. The molecule has 1 aromatic rings. The molecule has 166 valence electrons. The predicted molar refractivity (Wildman–Crippen MR) is 125 cm³/mol. The molecule has 0 amide bonds. The normalized spacial score (nSPS) is 20.8. The lowest BCUT2D eigenvalue weighted by molar-refractivity contribution is -0.0440. The zero-order chi connectivity index (χ0) is 20.6. The molecule has 29 heavy (non-hydrogen) atoms. The largest absolute Gasteiger partial charge is 0.373 e. The van der Waals surface area contributed by atoms with Crippen molar-refractivity contribution in [1.29, 1.82) is 0 Å². The van der Waals surface area contributed by atoms with Crippen molar-refractivity contribution in [3.05, 3.63) is 35.6 Å². The van der Waals surface area contributed by atoms with Gasteiger partial charge in [-0.1, -0.05) is 12.1 Å². The number of benzene rings is 1. The molecule has 0 radical (unpaired) electrons. The van der Waals surface area contributed by atoms with Gasteiger partial charge in [-0.25, -0.2) is 12.8 Å². The highest BCUT2D eigenvalue weighted by atomic mass is 127. The van der Waals surface area contributed by atoms with Crippen molar-refractivity contribution in [2.24, 2.45) is 4.99 Å². The van der Waals surface area contributed by atoms with Gasteiger partial charge in [-0.2, -0.15) is 4.31 Å². The molecule has 0 saturated carbocycles. The summed E-state index contributed by atoms with van der Waals surface area (Å²) in [6.07, 6.45) is 0.506. The highest BCUT2D eigenvalue weighted by molar-refractivity contribution is 14.0. The monoisotopic (exact) mass is 542 g/mol. The highest BCUT2D eigenvalue weighted by Gasteiger charge is 2.30. The minimum Gasteiger partial charge on any atom is -0.373 e. The first-order valence-electron chi connectivity index (χ1n) is 9.70. The zero-order valence-corrected chi connectivity index (χ0v) is 20.4. The fourth-order valence-electron chi connectivity index (χ4n) is 3.08. The van der Waals surface area contributed by atoms with Crippen LogP contribution in [-0.2, 0) is 21.2 Å². The summed E-state index contributed by atoms with van der Waals surface area (Å²) in [5.74, 6) is 0.279. The van der Waals surface area contributed by atoms with Crippen LogP contribution in [0.4, 0.5) is 4.39 Å². The Bertz CT molecular complexity index is 736. The van der Waals surface area contributed by atoms with Crippen LogP contribution < -0.4 is 10.6 Å². The zero-order valence-electron chi connectivity index (χ0n) is 17.2. The first-order valence-corrected chi connectivity index (χ1v) is 11.3. The smallest absolute Gasteiger partial charge is 0.216 e. The number of rotatable bonds is 8. The predicted octanol–water partition coefficient (Wildman–Crippen LogP) is 1.98. The van der Waals surface area contributed by atoms with Crippen molar-refractivity contribution in [2.75, 3.05) is 38.5 Å². The average molecular weight is 542 g/mol. The van der Waals surface area contributed by atoms with Crippen molar-refractivity contribution in [3.8, 4) is 0 Å². The van der Waals surface area contributed by atoms with E-state index in [-0.39, 0.29) is 54.3 Å². The lowest BCUT2D eigenvalue weighted by Crippen LogP contribution is -2.49. The van der Waals surface area contributed by atoms with Crippen LogP contribution in [0.2, 0.25) is 0 Å². The van der Waals surface area contributed by atoms with Crippen LogP contribution in [0.3, 0.4) is 0 Å². The summed E-state index contributed by atoms with van der Waals surface area (Å²) in [7, 11) is -3.37. The lowest BCUT2D eigenvalue weighted by Gasteiger charge is -2.34. The Balaban J connectivity index is 0.00000420. The molecule has 1 heterocycles. The Kier molecular flexibility index (Phi) is 11.4.